The Morgan fingerprint density at radius 2 is 1.75 bits per heavy atom. The Hall–Kier alpha value is -2.59. The van der Waals surface area contributed by atoms with Crippen LogP contribution in [-0.2, 0) is 6.54 Å². The maximum absolute atomic E-state index is 12.9. The van der Waals surface area contributed by atoms with E-state index in [2.05, 4.69) is 16.5 Å². The molecule has 1 aromatic heterocycles. The number of para-hydroxylation sites is 2. The number of imidazole rings is 1. The second-order valence-electron chi connectivity index (χ2n) is 5.54. The molecule has 0 amide bonds. The van der Waals surface area contributed by atoms with Crippen molar-refractivity contribution in [2.24, 2.45) is 0 Å². The molecule has 0 aliphatic rings. The molecule has 0 fully saturated rings. The fourth-order valence-electron chi connectivity index (χ4n) is 2.98. The molecule has 3 nitrogen and oxygen atoms in total. The van der Waals surface area contributed by atoms with Gasteiger partial charge in [-0.3, -0.25) is 4.79 Å². The maximum Gasteiger partial charge on any atom is 0.227 e. The van der Waals surface area contributed by atoms with E-state index in [0.29, 0.717) is 0 Å². The van der Waals surface area contributed by atoms with Gasteiger partial charge in [0.05, 0.1) is 11.0 Å². The molecule has 3 aromatic carbocycles. The molecule has 0 saturated carbocycles. The van der Waals surface area contributed by atoms with E-state index in [1.54, 1.807) is 0 Å². The van der Waals surface area contributed by atoms with Gasteiger partial charge < -0.3 is 4.57 Å². The van der Waals surface area contributed by atoms with Gasteiger partial charge in [0.2, 0.25) is 5.12 Å². The number of fused-ring (bicyclic) bond motifs is 2. The van der Waals surface area contributed by atoms with Crippen LogP contribution in [0.2, 0.25) is 0 Å². The van der Waals surface area contributed by atoms with Gasteiger partial charge in [-0.2, -0.15) is 0 Å². The monoisotopic (exact) mass is 332 g/mol. The number of nitrogens with zero attached hydrogens (tertiary/aromatic N) is 2. The van der Waals surface area contributed by atoms with Crippen LogP contribution in [-0.4, -0.2) is 14.7 Å². The van der Waals surface area contributed by atoms with Crippen molar-refractivity contribution in [2.75, 3.05) is 0 Å². The highest BCUT2D eigenvalue weighted by molar-refractivity contribution is 8.14. The fourth-order valence-corrected chi connectivity index (χ4v) is 3.91. The second kappa shape index (κ2) is 6.13. The summed E-state index contributed by atoms with van der Waals surface area (Å²) in [7, 11) is 0. The number of aromatic nitrogens is 2. The van der Waals surface area contributed by atoms with Crippen molar-refractivity contribution in [3.63, 3.8) is 0 Å². The second-order valence-corrected chi connectivity index (χ2v) is 6.48. The van der Waals surface area contributed by atoms with E-state index in [1.165, 1.54) is 11.8 Å². The Kier molecular flexibility index (Phi) is 3.82. The Bertz CT molecular complexity index is 1050. The van der Waals surface area contributed by atoms with Crippen LogP contribution < -0.4 is 0 Å². The zero-order valence-corrected chi connectivity index (χ0v) is 14.1. The highest BCUT2D eigenvalue weighted by Crippen LogP contribution is 2.29. The smallest absolute Gasteiger partial charge is 0.227 e. The van der Waals surface area contributed by atoms with Gasteiger partial charge >= 0.3 is 0 Å². The summed E-state index contributed by atoms with van der Waals surface area (Å²) in [5, 5.41) is 2.83. The van der Waals surface area contributed by atoms with Crippen molar-refractivity contribution < 1.29 is 4.79 Å². The first-order valence-electron chi connectivity index (χ1n) is 7.93. The van der Waals surface area contributed by atoms with Gasteiger partial charge in [0.1, 0.15) is 0 Å². The summed E-state index contributed by atoms with van der Waals surface area (Å²) in [6, 6.07) is 21.8. The molecular formula is C20H16N2OS. The summed E-state index contributed by atoms with van der Waals surface area (Å²) in [6.07, 6.45) is 0. The number of rotatable bonds is 3. The van der Waals surface area contributed by atoms with Crippen LogP contribution in [0.15, 0.2) is 71.9 Å². The molecule has 0 saturated heterocycles. The SMILES string of the molecule is CCn1c(SC(=O)c2cccc3ccccc23)nc2ccccc21. The predicted molar refractivity (Wildman–Crippen MR) is 99.5 cm³/mol. The lowest BCUT2D eigenvalue weighted by Crippen LogP contribution is -2.01. The molecule has 24 heavy (non-hydrogen) atoms. The number of aryl methyl sites for hydroxylation is 1. The molecule has 0 bridgehead atoms. The summed E-state index contributed by atoms with van der Waals surface area (Å²) in [6.45, 7) is 2.85. The third-order valence-electron chi connectivity index (χ3n) is 4.13. The van der Waals surface area contributed by atoms with Crippen LogP contribution in [0, 0.1) is 0 Å². The largest absolute Gasteiger partial charge is 0.319 e. The van der Waals surface area contributed by atoms with Crippen molar-refractivity contribution in [1.82, 2.24) is 9.55 Å². The number of carbonyl (C=O) groups excluding carboxylic acids is 1. The minimum atomic E-state index is 0.0248. The number of hydrogen-bond acceptors (Lipinski definition) is 3. The molecule has 4 aromatic rings. The van der Waals surface area contributed by atoms with Gasteiger partial charge in [-0.15, -0.1) is 0 Å². The van der Waals surface area contributed by atoms with Crippen LogP contribution in [0.5, 0.6) is 0 Å². The molecule has 0 radical (unpaired) electrons. The predicted octanol–water partition coefficient (Wildman–Crippen LogP) is 5.14. The van der Waals surface area contributed by atoms with Gasteiger partial charge in [0.25, 0.3) is 0 Å². The molecule has 118 valence electrons. The zero-order chi connectivity index (χ0) is 16.5. The van der Waals surface area contributed by atoms with E-state index in [1.807, 2.05) is 66.7 Å². The Balaban J connectivity index is 1.76. The lowest BCUT2D eigenvalue weighted by molar-refractivity contribution is 0.109. The molecule has 0 spiro atoms. The van der Waals surface area contributed by atoms with Crippen molar-refractivity contribution in [3.8, 4) is 0 Å². The van der Waals surface area contributed by atoms with Gasteiger partial charge in [-0.1, -0.05) is 48.5 Å². The first-order chi connectivity index (χ1) is 11.8. The summed E-state index contributed by atoms with van der Waals surface area (Å²) >= 11 is 1.20. The topological polar surface area (TPSA) is 34.9 Å². The average Bonchev–Trinajstić information content (AvgIpc) is 2.98. The van der Waals surface area contributed by atoms with Crippen molar-refractivity contribution in [2.45, 2.75) is 18.6 Å². The minimum absolute atomic E-state index is 0.0248. The lowest BCUT2D eigenvalue weighted by Gasteiger charge is -2.07. The number of hydrogen-bond donors (Lipinski definition) is 0. The molecular weight excluding hydrogens is 316 g/mol. The summed E-state index contributed by atoms with van der Waals surface area (Å²) in [5.74, 6) is 0. The summed E-state index contributed by atoms with van der Waals surface area (Å²) < 4.78 is 2.09. The zero-order valence-electron chi connectivity index (χ0n) is 13.3. The van der Waals surface area contributed by atoms with Crippen LogP contribution in [0.4, 0.5) is 0 Å². The van der Waals surface area contributed by atoms with E-state index in [-0.39, 0.29) is 5.12 Å². The molecule has 0 aliphatic carbocycles. The number of carbonyl (C=O) groups is 1. The van der Waals surface area contributed by atoms with E-state index >= 15 is 0 Å². The van der Waals surface area contributed by atoms with Crippen molar-refractivity contribution >= 4 is 38.7 Å². The van der Waals surface area contributed by atoms with Gasteiger partial charge in [-0.05, 0) is 47.7 Å². The third-order valence-corrected chi connectivity index (χ3v) is 5.03. The highest BCUT2D eigenvalue weighted by Gasteiger charge is 2.17. The molecule has 0 N–H and O–H groups in total. The first kappa shape index (κ1) is 15.0. The fraction of sp³-hybridized carbons (Fsp3) is 0.100. The summed E-state index contributed by atoms with van der Waals surface area (Å²) in [5.41, 5.74) is 2.72. The quantitative estimate of drug-likeness (QED) is 0.487. The number of thioether (sulfide) groups is 1. The van der Waals surface area contributed by atoms with Gasteiger partial charge in [-0.25, -0.2) is 4.98 Å². The minimum Gasteiger partial charge on any atom is -0.319 e. The van der Waals surface area contributed by atoms with E-state index in [4.69, 9.17) is 0 Å². The van der Waals surface area contributed by atoms with E-state index < -0.39 is 0 Å². The molecule has 0 atom stereocenters. The van der Waals surface area contributed by atoms with Crippen molar-refractivity contribution in [3.05, 3.63) is 72.3 Å². The van der Waals surface area contributed by atoms with Crippen LogP contribution in [0.25, 0.3) is 21.8 Å². The van der Waals surface area contributed by atoms with E-state index in [9.17, 15) is 4.79 Å². The standard InChI is InChI=1S/C20H16N2OS/c1-2-22-18-13-6-5-12-17(18)21-20(22)24-19(23)16-11-7-9-14-8-3-4-10-15(14)16/h3-13H,2H2,1H3. The van der Waals surface area contributed by atoms with E-state index in [0.717, 1.165) is 39.1 Å². The Labute approximate surface area is 144 Å². The third kappa shape index (κ3) is 2.49. The Morgan fingerprint density at radius 3 is 2.62 bits per heavy atom. The summed E-state index contributed by atoms with van der Waals surface area (Å²) in [4.78, 5) is 17.5. The molecule has 1 heterocycles. The van der Waals surface area contributed by atoms with Crippen LogP contribution in [0.3, 0.4) is 0 Å². The maximum atomic E-state index is 12.9. The van der Waals surface area contributed by atoms with Crippen LogP contribution in [0.1, 0.15) is 17.3 Å². The van der Waals surface area contributed by atoms with Crippen LogP contribution >= 0.6 is 11.8 Å². The molecule has 0 aliphatic heterocycles. The molecule has 4 heteroatoms. The van der Waals surface area contributed by atoms with Crippen molar-refractivity contribution in [1.29, 1.82) is 0 Å². The number of benzene rings is 3. The normalized spacial score (nSPS) is 11.2. The van der Waals surface area contributed by atoms with Gasteiger partial charge in [0, 0.05) is 12.1 Å². The van der Waals surface area contributed by atoms with Gasteiger partial charge in [0.15, 0.2) is 5.16 Å². The Morgan fingerprint density at radius 1 is 1.00 bits per heavy atom. The molecule has 4 rings (SSSR count). The highest BCUT2D eigenvalue weighted by atomic mass is 32.2. The lowest BCUT2D eigenvalue weighted by atomic mass is 10.1. The average molecular weight is 332 g/mol. The first-order valence-corrected chi connectivity index (χ1v) is 8.75. The molecule has 0 unspecified atom stereocenters.